The van der Waals surface area contributed by atoms with E-state index in [0.29, 0.717) is 25.0 Å². The van der Waals surface area contributed by atoms with Gasteiger partial charge in [-0.15, -0.1) is 0 Å². The van der Waals surface area contributed by atoms with Crippen molar-refractivity contribution in [3.05, 3.63) is 48.6 Å². The van der Waals surface area contributed by atoms with Crippen molar-refractivity contribution in [3.63, 3.8) is 0 Å². The van der Waals surface area contributed by atoms with Gasteiger partial charge in [-0.3, -0.25) is 4.90 Å². The second-order valence-corrected chi connectivity index (χ2v) is 6.74. The zero-order chi connectivity index (χ0) is 20.1. The first-order chi connectivity index (χ1) is 14.2. The van der Waals surface area contributed by atoms with Gasteiger partial charge >= 0.3 is 0 Å². The molecule has 0 spiro atoms. The normalized spacial score (nSPS) is 14.8. The van der Waals surface area contributed by atoms with Gasteiger partial charge in [0.05, 0.1) is 26.5 Å². The minimum Gasteiger partial charge on any atom is -0.497 e. The van der Waals surface area contributed by atoms with Crippen molar-refractivity contribution in [3.8, 4) is 23.0 Å². The number of benzene rings is 1. The van der Waals surface area contributed by atoms with E-state index in [4.69, 9.17) is 13.9 Å². The SMILES string of the molecule is CCOc1ccnc(N2CCN(Cc3ncc(-c4ccc(OC)cc4)o3)CC2)n1. The van der Waals surface area contributed by atoms with Gasteiger partial charge in [0.2, 0.25) is 17.7 Å². The summed E-state index contributed by atoms with van der Waals surface area (Å²) in [5, 5.41) is 0. The van der Waals surface area contributed by atoms with Crippen LogP contribution in [0.1, 0.15) is 12.8 Å². The summed E-state index contributed by atoms with van der Waals surface area (Å²) in [6.45, 7) is 6.71. The Morgan fingerprint density at radius 3 is 2.55 bits per heavy atom. The summed E-state index contributed by atoms with van der Waals surface area (Å²) in [6.07, 6.45) is 3.52. The van der Waals surface area contributed by atoms with Gasteiger partial charge in [0.15, 0.2) is 5.76 Å². The van der Waals surface area contributed by atoms with Crippen LogP contribution in [0.5, 0.6) is 11.6 Å². The summed E-state index contributed by atoms with van der Waals surface area (Å²) >= 11 is 0. The van der Waals surface area contributed by atoms with Gasteiger partial charge in [0.25, 0.3) is 0 Å². The van der Waals surface area contributed by atoms with Crippen LogP contribution in [0.4, 0.5) is 5.95 Å². The van der Waals surface area contributed by atoms with E-state index in [1.165, 1.54) is 0 Å². The molecule has 3 heterocycles. The van der Waals surface area contributed by atoms with Crippen molar-refractivity contribution < 1.29 is 13.9 Å². The van der Waals surface area contributed by atoms with Gasteiger partial charge in [0.1, 0.15) is 5.75 Å². The lowest BCUT2D eigenvalue weighted by Gasteiger charge is -2.34. The third-order valence-corrected chi connectivity index (χ3v) is 4.85. The van der Waals surface area contributed by atoms with Crippen molar-refractivity contribution in [2.75, 3.05) is 44.8 Å². The van der Waals surface area contributed by atoms with Crippen LogP contribution in [0.2, 0.25) is 0 Å². The third-order valence-electron chi connectivity index (χ3n) is 4.85. The zero-order valence-corrected chi connectivity index (χ0v) is 16.7. The van der Waals surface area contributed by atoms with Crippen LogP contribution in [-0.2, 0) is 6.54 Å². The molecule has 3 aromatic rings. The highest BCUT2D eigenvalue weighted by Gasteiger charge is 2.21. The van der Waals surface area contributed by atoms with Gasteiger partial charge in [-0.1, -0.05) is 0 Å². The van der Waals surface area contributed by atoms with E-state index in [1.54, 1.807) is 25.6 Å². The molecule has 8 heteroatoms. The van der Waals surface area contributed by atoms with Crippen molar-refractivity contribution in [2.45, 2.75) is 13.5 Å². The monoisotopic (exact) mass is 395 g/mol. The largest absolute Gasteiger partial charge is 0.497 e. The molecule has 152 valence electrons. The standard InChI is InChI=1S/C21H25N5O3/c1-3-28-19-8-9-22-21(24-19)26-12-10-25(11-13-26)15-20-23-14-18(29-20)16-4-6-17(27-2)7-5-16/h4-9,14H,3,10-13,15H2,1-2H3. The Balaban J connectivity index is 1.33. The third kappa shape index (κ3) is 4.65. The zero-order valence-electron chi connectivity index (χ0n) is 16.7. The van der Waals surface area contributed by atoms with Gasteiger partial charge in [-0.05, 0) is 31.2 Å². The number of anilines is 1. The lowest BCUT2D eigenvalue weighted by Crippen LogP contribution is -2.46. The summed E-state index contributed by atoms with van der Waals surface area (Å²) in [7, 11) is 1.66. The Morgan fingerprint density at radius 2 is 1.83 bits per heavy atom. The van der Waals surface area contributed by atoms with Crippen molar-refractivity contribution in [1.29, 1.82) is 0 Å². The van der Waals surface area contributed by atoms with E-state index in [0.717, 1.165) is 49.1 Å². The molecule has 0 N–H and O–H groups in total. The van der Waals surface area contributed by atoms with Gasteiger partial charge in [-0.25, -0.2) is 9.97 Å². The fourth-order valence-electron chi connectivity index (χ4n) is 3.28. The first kappa shape index (κ1) is 19.2. The molecule has 1 aliphatic heterocycles. The fraction of sp³-hybridized carbons (Fsp3) is 0.381. The molecule has 1 aliphatic rings. The van der Waals surface area contributed by atoms with Crippen molar-refractivity contribution in [1.82, 2.24) is 19.9 Å². The smallest absolute Gasteiger partial charge is 0.228 e. The lowest BCUT2D eigenvalue weighted by molar-refractivity contribution is 0.226. The molecule has 0 saturated carbocycles. The maximum absolute atomic E-state index is 5.95. The molecule has 29 heavy (non-hydrogen) atoms. The number of piperazine rings is 1. The van der Waals surface area contributed by atoms with E-state index in [-0.39, 0.29) is 0 Å². The number of hydrogen-bond donors (Lipinski definition) is 0. The first-order valence-corrected chi connectivity index (χ1v) is 9.77. The molecule has 0 radical (unpaired) electrons. The van der Waals surface area contributed by atoms with Crippen LogP contribution in [0.25, 0.3) is 11.3 Å². The van der Waals surface area contributed by atoms with E-state index in [1.807, 2.05) is 31.2 Å². The summed E-state index contributed by atoms with van der Waals surface area (Å²) in [5.41, 5.74) is 0.987. The van der Waals surface area contributed by atoms with E-state index in [2.05, 4.69) is 24.8 Å². The molecule has 0 amide bonds. The number of hydrogen-bond acceptors (Lipinski definition) is 8. The summed E-state index contributed by atoms with van der Waals surface area (Å²) in [4.78, 5) is 17.8. The lowest BCUT2D eigenvalue weighted by atomic mass is 10.2. The Bertz CT molecular complexity index is 920. The Morgan fingerprint density at radius 1 is 1.03 bits per heavy atom. The molecule has 1 aromatic carbocycles. The Hall–Kier alpha value is -3.13. The van der Waals surface area contributed by atoms with Crippen LogP contribution < -0.4 is 14.4 Å². The van der Waals surface area contributed by atoms with Gasteiger partial charge in [-0.2, -0.15) is 4.98 Å². The predicted octanol–water partition coefficient (Wildman–Crippen LogP) is 2.86. The maximum atomic E-state index is 5.95. The molecule has 0 unspecified atom stereocenters. The van der Waals surface area contributed by atoms with Gasteiger partial charge in [0, 0.05) is 44.0 Å². The summed E-state index contributed by atoms with van der Waals surface area (Å²) in [5.74, 6) is 3.64. The average molecular weight is 395 g/mol. The molecular formula is C21H25N5O3. The topological polar surface area (TPSA) is 76.8 Å². The highest BCUT2D eigenvalue weighted by Crippen LogP contribution is 2.24. The first-order valence-electron chi connectivity index (χ1n) is 9.77. The second kappa shape index (κ2) is 8.91. The molecule has 0 bridgehead atoms. The number of oxazole rings is 1. The minimum absolute atomic E-state index is 0.596. The summed E-state index contributed by atoms with van der Waals surface area (Å²) in [6, 6.07) is 9.56. The quantitative estimate of drug-likeness (QED) is 0.604. The van der Waals surface area contributed by atoms with Crippen LogP contribution in [-0.4, -0.2) is 59.7 Å². The molecule has 1 saturated heterocycles. The summed E-state index contributed by atoms with van der Waals surface area (Å²) < 4.78 is 16.6. The maximum Gasteiger partial charge on any atom is 0.228 e. The van der Waals surface area contributed by atoms with Crippen molar-refractivity contribution in [2.24, 2.45) is 0 Å². The molecular weight excluding hydrogens is 370 g/mol. The van der Waals surface area contributed by atoms with Gasteiger partial charge < -0.3 is 18.8 Å². The van der Waals surface area contributed by atoms with Crippen LogP contribution in [0.15, 0.2) is 47.1 Å². The molecule has 0 aliphatic carbocycles. The number of rotatable bonds is 7. The molecule has 1 fully saturated rings. The fourth-order valence-corrected chi connectivity index (χ4v) is 3.28. The van der Waals surface area contributed by atoms with E-state index in [9.17, 15) is 0 Å². The second-order valence-electron chi connectivity index (χ2n) is 6.74. The Labute approximate surface area is 170 Å². The number of methoxy groups -OCH3 is 1. The number of ether oxygens (including phenoxy) is 2. The molecule has 2 aromatic heterocycles. The molecule has 0 atom stereocenters. The Kier molecular flexibility index (Phi) is 5.90. The van der Waals surface area contributed by atoms with Crippen LogP contribution in [0, 0.1) is 0 Å². The average Bonchev–Trinajstić information content (AvgIpc) is 3.23. The van der Waals surface area contributed by atoms with E-state index < -0.39 is 0 Å². The van der Waals surface area contributed by atoms with Crippen molar-refractivity contribution >= 4 is 5.95 Å². The van der Waals surface area contributed by atoms with E-state index >= 15 is 0 Å². The number of nitrogens with zero attached hydrogens (tertiary/aromatic N) is 5. The molecule has 8 nitrogen and oxygen atoms in total. The number of aromatic nitrogens is 3. The molecule has 4 rings (SSSR count). The van der Waals surface area contributed by atoms with Crippen LogP contribution in [0.3, 0.4) is 0 Å². The predicted molar refractivity (Wildman–Crippen MR) is 109 cm³/mol. The highest BCUT2D eigenvalue weighted by molar-refractivity contribution is 5.57. The van der Waals surface area contributed by atoms with Crippen LogP contribution >= 0.6 is 0 Å². The minimum atomic E-state index is 0.596. The highest BCUT2D eigenvalue weighted by atomic mass is 16.5.